The normalized spacial score (nSPS) is 22.6. The van der Waals surface area contributed by atoms with Gasteiger partial charge in [-0.3, -0.25) is 19.5 Å². The standard InChI is InChI=1S/C25H28N6O2/c1-26-25(33)19-5-4-17(13-28-19)31-9-8-30(22-6-7-23(22)31)14-15-10-21-20(27-12-15)11-18(16-2-3-16)24(32)29-21/h4-5,10-13,16,22-23H,2-3,6-9,14H2,1H3,(H,26,33)(H,29,32)/t22-,23+/m0/s1. The second kappa shape index (κ2) is 7.95. The van der Waals surface area contributed by atoms with E-state index >= 15 is 0 Å². The number of rotatable bonds is 5. The van der Waals surface area contributed by atoms with Gasteiger partial charge in [0.1, 0.15) is 5.69 Å². The molecule has 3 fully saturated rings. The SMILES string of the molecule is CNC(=O)c1ccc(N2CCN(Cc3cnc4cc(C5CC5)c(=O)[nH]c4c3)[C@H]3CC[C@H]32)cn1. The molecule has 1 aliphatic heterocycles. The molecule has 0 aromatic carbocycles. The second-order valence-corrected chi connectivity index (χ2v) is 9.46. The quantitative estimate of drug-likeness (QED) is 0.628. The minimum atomic E-state index is -0.165. The van der Waals surface area contributed by atoms with Crippen molar-refractivity contribution in [3.05, 3.63) is 63.8 Å². The number of hydrogen-bond acceptors (Lipinski definition) is 6. The van der Waals surface area contributed by atoms with E-state index in [2.05, 4.69) is 36.1 Å². The Balaban J connectivity index is 1.17. The van der Waals surface area contributed by atoms with Gasteiger partial charge < -0.3 is 15.2 Å². The first-order chi connectivity index (χ1) is 16.1. The third-order valence-electron chi connectivity index (χ3n) is 7.42. The Labute approximate surface area is 192 Å². The second-order valence-electron chi connectivity index (χ2n) is 9.46. The Kier molecular flexibility index (Phi) is 4.90. The van der Waals surface area contributed by atoms with Crippen LogP contribution in [0.1, 0.15) is 53.2 Å². The maximum Gasteiger partial charge on any atom is 0.269 e. The predicted molar refractivity (Wildman–Crippen MR) is 127 cm³/mol. The number of amides is 1. The van der Waals surface area contributed by atoms with Crippen LogP contribution in [-0.4, -0.2) is 58.0 Å². The molecule has 2 saturated carbocycles. The zero-order chi connectivity index (χ0) is 22.5. The minimum Gasteiger partial charge on any atom is -0.364 e. The zero-order valence-corrected chi connectivity index (χ0v) is 18.8. The fraction of sp³-hybridized carbons (Fsp3) is 0.440. The predicted octanol–water partition coefficient (Wildman–Crippen LogP) is 2.41. The van der Waals surface area contributed by atoms with Gasteiger partial charge in [-0.25, -0.2) is 4.98 Å². The fourth-order valence-corrected chi connectivity index (χ4v) is 5.32. The molecule has 6 rings (SSSR count). The number of hydrogen-bond donors (Lipinski definition) is 2. The smallest absolute Gasteiger partial charge is 0.269 e. The Morgan fingerprint density at radius 2 is 1.94 bits per heavy atom. The lowest BCUT2D eigenvalue weighted by atomic mass is 9.81. The highest BCUT2D eigenvalue weighted by molar-refractivity contribution is 5.92. The summed E-state index contributed by atoms with van der Waals surface area (Å²) in [6, 6.07) is 8.80. The average molecular weight is 445 g/mol. The summed E-state index contributed by atoms with van der Waals surface area (Å²) in [5, 5.41) is 2.61. The summed E-state index contributed by atoms with van der Waals surface area (Å²) >= 11 is 0. The van der Waals surface area contributed by atoms with Gasteiger partial charge in [0.05, 0.1) is 22.9 Å². The van der Waals surface area contributed by atoms with E-state index in [1.165, 1.54) is 6.42 Å². The van der Waals surface area contributed by atoms with Crippen LogP contribution in [0.3, 0.4) is 0 Å². The molecule has 170 valence electrons. The maximum absolute atomic E-state index is 12.4. The Morgan fingerprint density at radius 1 is 1.09 bits per heavy atom. The molecule has 3 aromatic heterocycles. The van der Waals surface area contributed by atoms with E-state index in [0.29, 0.717) is 23.7 Å². The maximum atomic E-state index is 12.4. The Bertz CT molecular complexity index is 1270. The fourth-order valence-electron chi connectivity index (χ4n) is 5.32. The molecule has 4 heterocycles. The summed E-state index contributed by atoms with van der Waals surface area (Å²) in [6.45, 7) is 2.70. The first-order valence-corrected chi connectivity index (χ1v) is 11.8. The lowest BCUT2D eigenvalue weighted by Gasteiger charge is -2.54. The van der Waals surface area contributed by atoms with Gasteiger partial charge in [0.25, 0.3) is 11.5 Å². The van der Waals surface area contributed by atoms with Crippen molar-refractivity contribution in [1.82, 2.24) is 25.2 Å². The van der Waals surface area contributed by atoms with E-state index in [0.717, 1.165) is 66.7 Å². The molecular weight excluding hydrogens is 416 g/mol. The van der Waals surface area contributed by atoms with Crippen molar-refractivity contribution in [2.75, 3.05) is 25.0 Å². The van der Waals surface area contributed by atoms with Crippen LogP contribution in [0.15, 0.2) is 41.5 Å². The first-order valence-electron chi connectivity index (χ1n) is 11.8. The van der Waals surface area contributed by atoms with E-state index in [1.807, 2.05) is 24.5 Å². The number of nitrogens with one attached hydrogen (secondary N) is 2. The number of anilines is 1. The number of carbonyl (C=O) groups is 1. The van der Waals surface area contributed by atoms with Gasteiger partial charge in [-0.2, -0.15) is 0 Å². The van der Waals surface area contributed by atoms with Crippen LogP contribution in [0, 0.1) is 0 Å². The van der Waals surface area contributed by atoms with Crippen molar-refractivity contribution in [3.63, 3.8) is 0 Å². The van der Waals surface area contributed by atoms with E-state index in [4.69, 9.17) is 0 Å². The largest absolute Gasteiger partial charge is 0.364 e. The summed E-state index contributed by atoms with van der Waals surface area (Å²) in [7, 11) is 1.62. The Morgan fingerprint density at radius 3 is 2.64 bits per heavy atom. The van der Waals surface area contributed by atoms with Crippen LogP contribution in [0.5, 0.6) is 0 Å². The Hall–Kier alpha value is -3.26. The van der Waals surface area contributed by atoms with Gasteiger partial charge in [-0.15, -0.1) is 0 Å². The average Bonchev–Trinajstić information content (AvgIpc) is 3.64. The van der Waals surface area contributed by atoms with Crippen molar-refractivity contribution >= 4 is 22.6 Å². The third-order valence-corrected chi connectivity index (χ3v) is 7.42. The van der Waals surface area contributed by atoms with Crippen LogP contribution in [-0.2, 0) is 6.54 Å². The van der Waals surface area contributed by atoms with Crippen LogP contribution >= 0.6 is 0 Å². The highest BCUT2D eigenvalue weighted by Gasteiger charge is 2.43. The molecule has 0 bridgehead atoms. The zero-order valence-electron chi connectivity index (χ0n) is 18.8. The molecule has 8 nitrogen and oxygen atoms in total. The highest BCUT2D eigenvalue weighted by Crippen LogP contribution is 2.39. The molecule has 33 heavy (non-hydrogen) atoms. The topological polar surface area (TPSA) is 94.2 Å². The minimum absolute atomic E-state index is 0.0349. The van der Waals surface area contributed by atoms with E-state index in [1.54, 1.807) is 13.1 Å². The number of pyridine rings is 3. The van der Waals surface area contributed by atoms with Crippen LogP contribution in [0.4, 0.5) is 5.69 Å². The van der Waals surface area contributed by atoms with Crippen molar-refractivity contribution in [1.29, 1.82) is 0 Å². The summed E-state index contributed by atoms with van der Waals surface area (Å²) in [5.41, 5.74) is 5.27. The summed E-state index contributed by atoms with van der Waals surface area (Å²) in [4.78, 5) is 41.3. The van der Waals surface area contributed by atoms with Crippen molar-refractivity contribution in [2.45, 2.75) is 50.2 Å². The number of aromatic amines is 1. The number of piperazine rings is 1. The van der Waals surface area contributed by atoms with Gasteiger partial charge in [-0.05, 0) is 61.4 Å². The van der Waals surface area contributed by atoms with E-state index in [9.17, 15) is 9.59 Å². The van der Waals surface area contributed by atoms with Crippen LogP contribution in [0.25, 0.3) is 11.0 Å². The monoisotopic (exact) mass is 444 g/mol. The number of carbonyl (C=O) groups excluding carboxylic acids is 1. The molecule has 1 saturated heterocycles. The lowest BCUT2D eigenvalue weighted by Crippen LogP contribution is -2.64. The number of H-pyrrole nitrogens is 1. The van der Waals surface area contributed by atoms with Crippen molar-refractivity contribution in [3.8, 4) is 0 Å². The van der Waals surface area contributed by atoms with E-state index < -0.39 is 0 Å². The van der Waals surface area contributed by atoms with Crippen LogP contribution in [0.2, 0.25) is 0 Å². The molecule has 1 amide bonds. The van der Waals surface area contributed by atoms with Gasteiger partial charge in [0.15, 0.2) is 0 Å². The summed E-state index contributed by atoms with van der Waals surface area (Å²) in [5.74, 6) is 0.253. The lowest BCUT2D eigenvalue weighted by molar-refractivity contribution is 0.0658. The van der Waals surface area contributed by atoms with Gasteiger partial charge >= 0.3 is 0 Å². The van der Waals surface area contributed by atoms with Crippen LogP contribution < -0.4 is 15.8 Å². The molecular formula is C25H28N6O2. The van der Waals surface area contributed by atoms with Crippen molar-refractivity contribution in [2.24, 2.45) is 0 Å². The van der Waals surface area contributed by atoms with E-state index in [-0.39, 0.29) is 11.5 Å². The summed E-state index contributed by atoms with van der Waals surface area (Å²) < 4.78 is 0. The molecule has 0 unspecified atom stereocenters. The molecule has 2 atom stereocenters. The molecule has 0 radical (unpaired) electrons. The third kappa shape index (κ3) is 3.68. The molecule has 3 aromatic rings. The molecule has 2 N–H and O–H groups in total. The van der Waals surface area contributed by atoms with Crippen molar-refractivity contribution < 1.29 is 4.79 Å². The summed E-state index contributed by atoms with van der Waals surface area (Å²) in [6.07, 6.45) is 8.32. The molecule has 3 aliphatic rings. The number of aromatic nitrogens is 3. The molecule has 8 heteroatoms. The van der Waals surface area contributed by atoms with Gasteiger partial charge in [0, 0.05) is 50.5 Å². The van der Waals surface area contributed by atoms with Gasteiger partial charge in [0.2, 0.25) is 0 Å². The molecule has 2 aliphatic carbocycles. The first kappa shape index (κ1) is 20.4. The molecule has 0 spiro atoms. The number of nitrogens with zero attached hydrogens (tertiary/aromatic N) is 4. The van der Waals surface area contributed by atoms with Gasteiger partial charge in [-0.1, -0.05) is 0 Å². The number of fused-ring (bicyclic) bond motifs is 2. The highest BCUT2D eigenvalue weighted by atomic mass is 16.1.